The number of hydrogen-bond donors (Lipinski definition) is 5. The number of rotatable bonds is 5. The van der Waals surface area contributed by atoms with Crippen molar-refractivity contribution in [3.63, 3.8) is 0 Å². The second-order valence-electron chi connectivity index (χ2n) is 9.33. The molecule has 1 saturated heterocycles. The molecule has 4 rings (SSSR count). The molecule has 1 heterocycles. The molecular weight excluding hydrogens is 418 g/mol. The van der Waals surface area contributed by atoms with Crippen LogP contribution in [0.5, 0.6) is 5.75 Å². The predicted molar refractivity (Wildman–Crippen MR) is 114 cm³/mol. The van der Waals surface area contributed by atoms with Gasteiger partial charge < -0.3 is 30.4 Å². The molecular formula is C23H31NO8. The summed E-state index contributed by atoms with van der Waals surface area (Å²) in [6, 6.07) is 6.85. The molecule has 5 N–H and O–H groups in total. The molecule has 1 aliphatic heterocycles. The summed E-state index contributed by atoms with van der Waals surface area (Å²) in [7, 11) is 2.30. The molecule has 1 saturated carbocycles. The van der Waals surface area contributed by atoms with Gasteiger partial charge in [-0.25, -0.2) is 4.79 Å². The number of aliphatic carboxylic acids is 3. The molecule has 0 amide bonds. The maximum Gasteiger partial charge on any atom is 0.336 e. The van der Waals surface area contributed by atoms with Crippen molar-refractivity contribution in [3.8, 4) is 5.75 Å². The Morgan fingerprint density at radius 1 is 1.09 bits per heavy atom. The van der Waals surface area contributed by atoms with Crippen LogP contribution in [0, 0.1) is 5.92 Å². The van der Waals surface area contributed by atoms with Crippen molar-refractivity contribution >= 4 is 17.9 Å². The Hall–Kier alpha value is -2.65. The third-order valence-corrected chi connectivity index (χ3v) is 7.38. The number of phenols is 1. The minimum Gasteiger partial charge on any atom is -0.508 e. The number of fused-ring (bicyclic) bond motifs is 1. The molecule has 0 unspecified atom stereocenters. The van der Waals surface area contributed by atoms with Gasteiger partial charge in [-0.1, -0.05) is 18.9 Å². The molecule has 9 nitrogen and oxygen atoms in total. The van der Waals surface area contributed by atoms with Gasteiger partial charge in [-0.2, -0.15) is 0 Å². The van der Waals surface area contributed by atoms with E-state index in [1.165, 1.54) is 56.2 Å². The fourth-order valence-corrected chi connectivity index (χ4v) is 5.90. The van der Waals surface area contributed by atoms with Gasteiger partial charge in [0.25, 0.3) is 0 Å². The van der Waals surface area contributed by atoms with Crippen LogP contribution in [0.3, 0.4) is 0 Å². The normalized spacial score (nSPS) is 26.7. The van der Waals surface area contributed by atoms with Gasteiger partial charge in [0, 0.05) is 11.5 Å². The summed E-state index contributed by atoms with van der Waals surface area (Å²) in [5.41, 5.74) is 0.619. The molecule has 176 valence electrons. The molecule has 1 aromatic carbocycles. The van der Waals surface area contributed by atoms with Gasteiger partial charge in [-0.15, -0.1) is 0 Å². The van der Waals surface area contributed by atoms with E-state index in [1.807, 2.05) is 6.07 Å². The van der Waals surface area contributed by atoms with Gasteiger partial charge in [0.15, 0.2) is 5.60 Å². The lowest BCUT2D eigenvalue weighted by atomic mass is 9.52. The van der Waals surface area contributed by atoms with Crippen LogP contribution in [0.1, 0.15) is 56.1 Å². The van der Waals surface area contributed by atoms with Crippen LogP contribution in [-0.4, -0.2) is 73.6 Å². The van der Waals surface area contributed by atoms with Crippen molar-refractivity contribution in [1.29, 1.82) is 0 Å². The van der Waals surface area contributed by atoms with Crippen LogP contribution in [0.2, 0.25) is 0 Å². The lowest BCUT2D eigenvalue weighted by Crippen LogP contribution is -2.59. The maximum absolute atomic E-state index is 10.3. The van der Waals surface area contributed by atoms with Crippen molar-refractivity contribution < 1.29 is 39.9 Å². The van der Waals surface area contributed by atoms with Gasteiger partial charge in [0.05, 0.1) is 12.8 Å². The van der Waals surface area contributed by atoms with Gasteiger partial charge in [0.1, 0.15) is 5.75 Å². The fourth-order valence-electron chi connectivity index (χ4n) is 5.90. The van der Waals surface area contributed by atoms with Gasteiger partial charge >= 0.3 is 17.9 Å². The van der Waals surface area contributed by atoms with Crippen molar-refractivity contribution in [3.05, 3.63) is 29.3 Å². The molecule has 3 aliphatic rings. The second-order valence-corrected chi connectivity index (χ2v) is 9.33. The molecule has 9 heteroatoms. The number of carboxylic acids is 3. The quantitative estimate of drug-likeness (QED) is 0.452. The minimum absolute atomic E-state index is 0.377. The Morgan fingerprint density at radius 2 is 1.75 bits per heavy atom. The fraction of sp³-hybridized carbons (Fsp3) is 0.609. The van der Waals surface area contributed by atoms with Crippen LogP contribution < -0.4 is 0 Å². The van der Waals surface area contributed by atoms with E-state index in [4.69, 9.17) is 20.4 Å². The summed E-state index contributed by atoms with van der Waals surface area (Å²) in [4.78, 5) is 33.1. The average Bonchev–Trinajstić information content (AvgIpc) is 2.70. The Bertz CT molecular complexity index is 884. The summed E-state index contributed by atoms with van der Waals surface area (Å²) in [6.07, 6.45) is 5.64. The van der Waals surface area contributed by atoms with E-state index in [2.05, 4.69) is 24.1 Å². The number of phenolic OH excluding ortho intramolecular Hbond substituents is 1. The van der Waals surface area contributed by atoms with Gasteiger partial charge in [0.2, 0.25) is 0 Å². The lowest BCUT2D eigenvalue weighted by Gasteiger charge is -2.58. The van der Waals surface area contributed by atoms with Gasteiger partial charge in [-0.05, 0) is 68.5 Å². The van der Waals surface area contributed by atoms with E-state index in [0.29, 0.717) is 11.2 Å². The van der Waals surface area contributed by atoms with Crippen molar-refractivity contribution in [2.24, 2.45) is 5.92 Å². The highest BCUT2D eigenvalue weighted by atomic mass is 16.4. The van der Waals surface area contributed by atoms with Crippen LogP contribution in [0.15, 0.2) is 18.2 Å². The summed E-state index contributed by atoms with van der Waals surface area (Å²) in [5, 5.41) is 43.7. The average molecular weight is 450 g/mol. The molecule has 1 aromatic rings. The summed E-state index contributed by atoms with van der Waals surface area (Å²) < 4.78 is 0. The third-order valence-electron chi connectivity index (χ3n) is 7.38. The lowest BCUT2D eigenvalue weighted by molar-refractivity contribution is -0.170. The Labute approximate surface area is 186 Å². The molecule has 0 spiro atoms. The molecule has 2 bridgehead atoms. The molecule has 0 aromatic heterocycles. The first-order valence-corrected chi connectivity index (χ1v) is 10.9. The number of aromatic hydroxyl groups is 1. The van der Waals surface area contributed by atoms with Crippen molar-refractivity contribution in [2.45, 2.75) is 68.4 Å². The number of likely N-dealkylation sites (N-methyl/N-ethyl adjacent to an activating group) is 1. The van der Waals surface area contributed by atoms with E-state index in [0.717, 1.165) is 12.0 Å². The largest absolute Gasteiger partial charge is 0.508 e. The van der Waals surface area contributed by atoms with Crippen molar-refractivity contribution in [2.75, 3.05) is 13.6 Å². The van der Waals surface area contributed by atoms with E-state index in [-0.39, 0.29) is 0 Å². The molecule has 0 radical (unpaired) electrons. The number of nitrogens with zero attached hydrogens (tertiary/aromatic N) is 1. The van der Waals surface area contributed by atoms with Gasteiger partial charge in [-0.3, -0.25) is 9.59 Å². The van der Waals surface area contributed by atoms with Crippen LogP contribution in [0.4, 0.5) is 0 Å². The van der Waals surface area contributed by atoms with E-state index >= 15 is 0 Å². The first-order chi connectivity index (χ1) is 15.0. The smallest absolute Gasteiger partial charge is 0.336 e. The number of carboxylic acid groups (broad SMARTS) is 3. The first-order valence-electron chi connectivity index (χ1n) is 10.9. The Balaban J connectivity index is 0.000000198. The zero-order chi connectivity index (χ0) is 23.7. The van der Waals surface area contributed by atoms with E-state index < -0.39 is 36.4 Å². The van der Waals surface area contributed by atoms with Crippen LogP contribution in [-0.2, 0) is 26.2 Å². The first kappa shape index (κ1) is 24.0. The standard InChI is InChI=1S/C17H23NO.C6H8O7/c1-18-9-8-17-7-3-2-4-14(17)16(18)10-12-5-6-13(19)11-15(12)17;7-3(8)1-6(13,5(11)12)2-4(9)10/h5-6,11,14,16,19H,2-4,7-10H2,1H3;13H,1-2H2,(H,7,8)(H,9,10)(H,11,12)/t14-,16+,17+;/m1./s1. The molecule has 32 heavy (non-hydrogen) atoms. The number of likely N-dealkylation sites (tertiary alicyclic amines) is 1. The number of hydrogen-bond acceptors (Lipinski definition) is 6. The number of carbonyl (C=O) groups is 3. The highest BCUT2D eigenvalue weighted by molar-refractivity contribution is 5.88. The van der Waals surface area contributed by atoms with Crippen molar-refractivity contribution in [1.82, 2.24) is 4.90 Å². The second kappa shape index (κ2) is 9.07. The maximum atomic E-state index is 10.3. The topological polar surface area (TPSA) is 156 Å². The monoisotopic (exact) mass is 449 g/mol. The zero-order valence-corrected chi connectivity index (χ0v) is 18.2. The van der Waals surface area contributed by atoms with Crippen LogP contribution in [0.25, 0.3) is 0 Å². The molecule has 2 fully saturated rings. The third kappa shape index (κ3) is 4.59. The number of benzene rings is 1. The highest BCUT2D eigenvalue weighted by Gasteiger charge is 2.53. The summed E-state index contributed by atoms with van der Waals surface area (Å²) in [6.45, 7) is 1.22. The minimum atomic E-state index is -2.74. The highest BCUT2D eigenvalue weighted by Crippen LogP contribution is 2.55. The Morgan fingerprint density at radius 3 is 2.34 bits per heavy atom. The zero-order valence-electron chi connectivity index (χ0n) is 18.2. The summed E-state index contributed by atoms with van der Waals surface area (Å²) >= 11 is 0. The summed E-state index contributed by atoms with van der Waals surface area (Å²) in [5.74, 6) is -3.75. The number of piperidine rings is 1. The molecule has 2 aliphatic carbocycles. The molecule has 3 atom stereocenters. The predicted octanol–water partition coefficient (Wildman–Crippen LogP) is 1.83. The Kier molecular flexibility index (Phi) is 6.80. The number of aliphatic hydroxyl groups is 1. The van der Waals surface area contributed by atoms with E-state index in [9.17, 15) is 19.5 Å². The van der Waals surface area contributed by atoms with E-state index in [1.54, 1.807) is 0 Å². The SMILES string of the molecule is CN1CC[C@@]23CCCC[C@@H]2[C@@H]1Cc1ccc(O)cc13.O=C(O)CC(O)(CC(=O)O)C(=O)O. The van der Waals surface area contributed by atoms with Crippen LogP contribution >= 0.6 is 0 Å².